The van der Waals surface area contributed by atoms with Gasteiger partial charge in [-0.1, -0.05) is 24.3 Å². The lowest BCUT2D eigenvalue weighted by Crippen LogP contribution is -2.37. The van der Waals surface area contributed by atoms with Crippen LogP contribution in [0.25, 0.3) is 11.1 Å². The van der Waals surface area contributed by atoms with Crippen molar-refractivity contribution in [3.8, 4) is 22.6 Å². The number of benzene rings is 2. The van der Waals surface area contributed by atoms with E-state index in [4.69, 9.17) is 14.6 Å². The average molecular weight is 285 g/mol. The maximum Gasteiger partial charge on any atom is 0.346 e. The van der Waals surface area contributed by atoms with Gasteiger partial charge in [0.15, 0.2) is 5.75 Å². The highest BCUT2D eigenvalue weighted by atomic mass is 16.5. The number of ether oxygens (including phenoxy) is 2. The summed E-state index contributed by atoms with van der Waals surface area (Å²) in [6.07, 6.45) is -0.885. The monoisotopic (exact) mass is 285 g/mol. The number of nitrogens with one attached hydrogen (secondary N) is 1. The molecule has 1 heterocycles. The maximum absolute atomic E-state index is 11.1. The minimum Gasteiger partial charge on any atom is -0.497 e. The number of para-hydroxylation sites is 1. The Labute approximate surface area is 122 Å². The van der Waals surface area contributed by atoms with Gasteiger partial charge in [0, 0.05) is 5.56 Å². The van der Waals surface area contributed by atoms with Crippen molar-refractivity contribution in [2.45, 2.75) is 6.10 Å². The highest BCUT2D eigenvalue weighted by molar-refractivity contribution is 5.82. The smallest absolute Gasteiger partial charge is 0.346 e. The van der Waals surface area contributed by atoms with E-state index in [0.717, 1.165) is 22.6 Å². The van der Waals surface area contributed by atoms with E-state index in [0.29, 0.717) is 5.75 Å². The molecule has 0 saturated heterocycles. The van der Waals surface area contributed by atoms with Gasteiger partial charge >= 0.3 is 5.97 Å². The van der Waals surface area contributed by atoms with Crippen LogP contribution in [0.15, 0.2) is 42.5 Å². The third kappa shape index (κ3) is 2.50. The summed E-state index contributed by atoms with van der Waals surface area (Å²) < 4.78 is 10.9. The molecule has 1 unspecified atom stereocenters. The summed E-state index contributed by atoms with van der Waals surface area (Å²) in [5, 5.41) is 12.2. The van der Waals surface area contributed by atoms with E-state index in [1.54, 1.807) is 7.11 Å². The summed E-state index contributed by atoms with van der Waals surface area (Å²) in [4.78, 5) is 11.1. The zero-order valence-corrected chi connectivity index (χ0v) is 11.5. The molecule has 2 N–H and O–H groups in total. The molecule has 2 aromatic rings. The predicted octanol–water partition coefficient (Wildman–Crippen LogP) is 2.62. The molecule has 5 heteroatoms. The largest absolute Gasteiger partial charge is 0.497 e. The van der Waals surface area contributed by atoms with E-state index < -0.39 is 12.1 Å². The van der Waals surface area contributed by atoms with E-state index >= 15 is 0 Å². The van der Waals surface area contributed by atoms with Gasteiger partial charge in [0.25, 0.3) is 0 Å². The summed E-state index contributed by atoms with van der Waals surface area (Å²) in [6.45, 7) is 0.254. The van der Waals surface area contributed by atoms with Crippen LogP contribution in [-0.2, 0) is 4.79 Å². The van der Waals surface area contributed by atoms with Crippen LogP contribution in [0.2, 0.25) is 0 Å². The summed E-state index contributed by atoms with van der Waals surface area (Å²) >= 11 is 0. The molecule has 108 valence electrons. The molecule has 21 heavy (non-hydrogen) atoms. The number of aliphatic carboxylic acids is 1. The number of carbonyl (C=O) groups is 1. The van der Waals surface area contributed by atoms with Crippen LogP contribution < -0.4 is 14.8 Å². The fourth-order valence-electron chi connectivity index (χ4n) is 2.35. The van der Waals surface area contributed by atoms with Crippen molar-refractivity contribution in [1.29, 1.82) is 0 Å². The molecule has 2 aromatic carbocycles. The van der Waals surface area contributed by atoms with E-state index in [9.17, 15) is 4.79 Å². The third-order valence-corrected chi connectivity index (χ3v) is 3.41. The fourth-order valence-corrected chi connectivity index (χ4v) is 2.35. The van der Waals surface area contributed by atoms with Crippen molar-refractivity contribution < 1.29 is 19.4 Å². The lowest BCUT2D eigenvalue weighted by atomic mass is 10.0. The van der Waals surface area contributed by atoms with Gasteiger partial charge in [-0.05, 0) is 23.8 Å². The zero-order valence-electron chi connectivity index (χ0n) is 11.5. The van der Waals surface area contributed by atoms with Crippen LogP contribution in [0.4, 0.5) is 5.69 Å². The van der Waals surface area contributed by atoms with Crippen molar-refractivity contribution in [3.63, 3.8) is 0 Å². The summed E-state index contributed by atoms with van der Waals surface area (Å²) in [5.74, 6) is 0.321. The van der Waals surface area contributed by atoms with E-state index in [1.807, 2.05) is 42.5 Å². The molecule has 0 fully saturated rings. The molecule has 1 atom stereocenters. The Kier molecular flexibility index (Phi) is 3.39. The second-order valence-electron chi connectivity index (χ2n) is 4.74. The summed E-state index contributed by atoms with van der Waals surface area (Å²) in [6, 6.07) is 13.3. The number of carboxylic acid groups (broad SMARTS) is 1. The fraction of sp³-hybridized carbons (Fsp3) is 0.188. The number of rotatable bonds is 3. The standard InChI is InChI=1S/C16H15NO4/c1-20-11-5-2-4-10(8-11)12-6-3-7-13-15(12)21-14(9-17-13)16(18)19/h2-8,14,17H,9H2,1H3,(H,18,19). The minimum absolute atomic E-state index is 0.254. The van der Waals surface area contributed by atoms with Gasteiger partial charge in [-0.2, -0.15) is 0 Å². The van der Waals surface area contributed by atoms with Crippen molar-refractivity contribution in [1.82, 2.24) is 0 Å². The molecule has 0 bridgehead atoms. The Morgan fingerprint density at radius 1 is 1.33 bits per heavy atom. The third-order valence-electron chi connectivity index (χ3n) is 3.41. The van der Waals surface area contributed by atoms with E-state index in [-0.39, 0.29) is 6.54 Å². The second-order valence-corrected chi connectivity index (χ2v) is 4.74. The van der Waals surface area contributed by atoms with Gasteiger partial charge in [0.2, 0.25) is 6.10 Å². The van der Waals surface area contributed by atoms with Crippen molar-refractivity contribution in [2.24, 2.45) is 0 Å². The molecule has 3 rings (SSSR count). The van der Waals surface area contributed by atoms with Crippen LogP contribution in [0.3, 0.4) is 0 Å². The Balaban J connectivity index is 2.06. The Bertz CT molecular complexity index is 684. The number of carboxylic acids is 1. The zero-order chi connectivity index (χ0) is 14.8. The Morgan fingerprint density at radius 3 is 2.90 bits per heavy atom. The van der Waals surface area contributed by atoms with Crippen molar-refractivity contribution in [2.75, 3.05) is 19.0 Å². The molecule has 0 spiro atoms. The molecular weight excluding hydrogens is 270 g/mol. The van der Waals surface area contributed by atoms with Crippen LogP contribution in [0.1, 0.15) is 0 Å². The second kappa shape index (κ2) is 5.36. The highest BCUT2D eigenvalue weighted by Crippen LogP contribution is 2.39. The first-order valence-electron chi connectivity index (χ1n) is 6.60. The van der Waals surface area contributed by atoms with E-state index in [2.05, 4.69) is 5.32 Å². The van der Waals surface area contributed by atoms with Crippen LogP contribution in [0.5, 0.6) is 11.5 Å². The van der Waals surface area contributed by atoms with Gasteiger partial charge in [-0.25, -0.2) is 4.79 Å². The Hall–Kier alpha value is -2.69. The van der Waals surface area contributed by atoms with Crippen LogP contribution in [0, 0.1) is 0 Å². The predicted molar refractivity (Wildman–Crippen MR) is 79.0 cm³/mol. The quantitative estimate of drug-likeness (QED) is 0.907. The molecule has 0 saturated carbocycles. The van der Waals surface area contributed by atoms with Crippen molar-refractivity contribution in [3.05, 3.63) is 42.5 Å². The molecule has 0 aliphatic carbocycles. The SMILES string of the molecule is COc1cccc(-c2cccc3c2OC(C(=O)O)CN3)c1. The van der Waals surface area contributed by atoms with Crippen LogP contribution in [-0.4, -0.2) is 30.8 Å². The molecule has 0 radical (unpaired) electrons. The number of anilines is 1. The van der Waals surface area contributed by atoms with Gasteiger partial charge in [0.1, 0.15) is 5.75 Å². The lowest BCUT2D eigenvalue weighted by molar-refractivity contribution is -0.144. The summed E-state index contributed by atoms with van der Waals surface area (Å²) in [7, 11) is 1.61. The van der Waals surface area contributed by atoms with Crippen molar-refractivity contribution >= 4 is 11.7 Å². The molecule has 0 amide bonds. The molecular formula is C16H15NO4. The summed E-state index contributed by atoms with van der Waals surface area (Å²) in [5.41, 5.74) is 2.55. The molecule has 1 aliphatic rings. The topological polar surface area (TPSA) is 67.8 Å². The first kappa shape index (κ1) is 13.3. The van der Waals surface area contributed by atoms with Gasteiger partial charge in [0.05, 0.1) is 19.3 Å². The average Bonchev–Trinajstić information content (AvgIpc) is 2.53. The minimum atomic E-state index is -0.978. The maximum atomic E-state index is 11.1. The van der Waals surface area contributed by atoms with Gasteiger partial charge < -0.3 is 19.9 Å². The highest BCUT2D eigenvalue weighted by Gasteiger charge is 2.27. The lowest BCUT2D eigenvalue weighted by Gasteiger charge is -2.26. The number of methoxy groups -OCH3 is 1. The van der Waals surface area contributed by atoms with Crippen LogP contribution >= 0.6 is 0 Å². The molecule has 0 aromatic heterocycles. The van der Waals surface area contributed by atoms with E-state index in [1.165, 1.54) is 0 Å². The number of hydrogen-bond donors (Lipinski definition) is 2. The molecule has 5 nitrogen and oxygen atoms in total. The normalized spacial score (nSPS) is 16.3. The molecule has 1 aliphatic heterocycles. The first-order chi connectivity index (χ1) is 10.2. The first-order valence-corrected chi connectivity index (χ1v) is 6.60. The van der Waals surface area contributed by atoms with Gasteiger partial charge in [-0.15, -0.1) is 0 Å². The number of hydrogen-bond acceptors (Lipinski definition) is 4. The van der Waals surface area contributed by atoms with Gasteiger partial charge in [-0.3, -0.25) is 0 Å². The Morgan fingerprint density at radius 2 is 2.14 bits per heavy atom. The number of fused-ring (bicyclic) bond motifs is 1.